The Labute approximate surface area is 122 Å². The van der Waals surface area contributed by atoms with Crippen molar-refractivity contribution in [2.75, 3.05) is 11.9 Å². The number of carbonyl (C=O) groups is 1. The Kier molecular flexibility index (Phi) is 4.93. The topological polar surface area (TPSA) is 70.9 Å². The van der Waals surface area contributed by atoms with Gasteiger partial charge in [-0.1, -0.05) is 35.0 Å². The molecule has 0 bridgehead atoms. The van der Waals surface area contributed by atoms with E-state index in [1.807, 2.05) is 31.2 Å². The number of hydrogen-bond donors (Lipinski definition) is 2. The van der Waals surface area contributed by atoms with E-state index in [-0.39, 0.29) is 12.5 Å². The van der Waals surface area contributed by atoms with Gasteiger partial charge in [0.15, 0.2) is 6.61 Å². The van der Waals surface area contributed by atoms with Gasteiger partial charge in [-0.05, 0) is 31.2 Å². The van der Waals surface area contributed by atoms with E-state index in [9.17, 15) is 4.79 Å². The zero-order chi connectivity index (χ0) is 15.1. The van der Waals surface area contributed by atoms with Crippen LogP contribution >= 0.6 is 0 Å². The second kappa shape index (κ2) is 7.09. The van der Waals surface area contributed by atoms with Crippen LogP contribution in [0.2, 0.25) is 0 Å². The SMILES string of the molecule is Cc1ccc(NC(=O)COc2ccccc2/C=N/O)cc1. The molecule has 108 valence electrons. The molecule has 0 saturated heterocycles. The number of hydrogen-bond acceptors (Lipinski definition) is 4. The number of nitrogens with one attached hydrogen (secondary N) is 1. The van der Waals surface area contributed by atoms with Gasteiger partial charge in [0.2, 0.25) is 0 Å². The summed E-state index contributed by atoms with van der Waals surface area (Å²) in [6.45, 7) is 1.86. The number of anilines is 1. The molecule has 0 spiro atoms. The summed E-state index contributed by atoms with van der Waals surface area (Å²) in [5, 5.41) is 14.3. The van der Waals surface area contributed by atoms with Gasteiger partial charge in [-0.2, -0.15) is 0 Å². The first kappa shape index (κ1) is 14.6. The smallest absolute Gasteiger partial charge is 0.262 e. The van der Waals surface area contributed by atoms with Crippen molar-refractivity contribution in [1.29, 1.82) is 0 Å². The quantitative estimate of drug-likeness (QED) is 0.504. The van der Waals surface area contributed by atoms with Crippen LogP contribution in [0.15, 0.2) is 53.7 Å². The summed E-state index contributed by atoms with van der Waals surface area (Å²) in [7, 11) is 0. The van der Waals surface area contributed by atoms with Crippen molar-refractivity contribution in [1.82, 2.24) is 0 Å². The summed E-state index contributed by atoms with van der Waals surface area (Å²) < 4.78 is 5.43. The van der Waals surface area contributed by atoms with Crippen molar-refractivity contribution in [3.05, 3.63) is 59.7 Å². The summed E-state index contributed by atoms with van der Waals surface area (Å²) >= 11 is 0. The third-order valence-electron chi connectivity index (χ3n) is 2.81. The van der Waals surface area contributed by atoms with E-state index in [1.54, 1.807) is 24.3 Å². The second-order valence-electron chi connectivity index (χ2n) is 4.49. The summed E-state index contributed by atoms with van der Waals surface area (Å²) in [5.74, 6) is 0.226. The molecule has 21 heavy (non-hydrogen) atoms. The van der Waals surface area contributed by atoms with E-state index in [0.29, 0.717) is 11.3 Å². The van der Waals surface area contributed by atoms with E-state index in [0.717, 1.165) is 11.3 Å². The first-order valence-corrected chi connectivity index (χ1v) is 6.45. The number of amides is 1. The van der Waals surface area contributed by atoms with Crippen molar-refractivity contribution >= 4 is 17.8 Å². The number of nitrogens with zero attached hydrogens (tertiary/aromatic N) is 1. The minimum atomic E-state index is -0.255. The number of rotatable bonds is 5. The molecule has 0 radical (unpaired) electrons. The summed E-state index contributed by atoms with van der Waals surface area (Å²) in [6, 6.07) is 14.5. The van der Waals surface area contributed by atoms with Gasteiger partial charge in [0.05, 0.1) is 6.21 Å². The highest BCUT2D eigenvalue weighted by Crippen LogP contribution is 2.16. The van der Waals surface area contributed by atoms with Crippen LogP contribution in [0.1, 0.15) is 11.1 Å². The van der Waals surface area contributed by atoms with E-state index in [1.165, 1.54) is 6.21 Å². The number of oxime groups is 1. The fourth-order valence-corrected chi connectivity index (χ4v) is 1.76. The van der Waals surface area contributed by atoms with Gasteiger partial charge >= 0.3 is 0 Å². The van der Waals surface area contributed by atoms with Crippen molar-refractivity contribution < 1.29 is 14.7 Å². The van der Waals surface area contributed by atoms with Gasteiger partial charge in [0, 0.05) is 11.3 Å². The van der Waals surface area contributed by atoms with Gasteiger partial charge in [0.1, 0.15) is 5.75 Å². The minimum Gasteiger partial charge on any atom is -0.483 e. The van der Waals surface area contributed by atoms with Crippen molar-refractivity contribution in [2.45, 2.75) is 6.92 Å². The van der Waals surface area contributed by atoms with Crippen LogP contribution in [-0.2, 0) is 4.79 Å². The molecule has 0 saturated carbocycles. The zero-order valence-electron chi connectivity index (χ0n) is 11.6. The summed E-state index contributed by atoms with van der Waals surface area (Å²) in [6.07, 6.45) is 1.26. The third-order valence-corrected chi connectivity index (χ3v) is 2.81. The molecule has 0 aliphatic heterocycles. The molecule has 2 aromatic rings. The van der Waals surface area contributed by atoms with Crippen molar-refractivity contribution in [3.63, 3.8) is 0 Å². The molecule has 1 amide bonds. The second-order valence-corrected chi connectivity index (χ2v) is 4.49. The van der Waals surface area contributed by atoms with Crippen LogP contribution in [0, 0.1) is 6.92 Å². The predicted molar refractivity (Wildman–Crippen MR) is 81.1 cm³/mol. The normalized spacial score (nSPS) is 10.5. The molecule has 5 nitrogen and oxygen atoms in total. The zero-order valence-corrected chi connectivity index (χ0v) is 11.6. The molecule has 0 atom stereocenters. The number of aryl methyl sites for hydroxylation is 1. The average Bonchev–Trinajstić information content (AvgIpc) is 2.49. The van der Waals surface area contributed by atoms with Gasteiger partial charge in [-0.25, -0.2) is 0 Å². The lowest BCUT2D eigenvalue weighted by atomic mass is 10.2. The Hall–Kier alpha value is -2.82. The fraction of sp³-hybridized carbons (Fsp3) is 0.125. The Morgan fingerprint density at radius 2 is 1.95 bits per heavy atom. The van der Waals surface area contributed by atoms with E-state index in [2.05, 4.69) is 10.5 Å². The van der Waals surface area contributed by atoms with Gasteiger partial charge in [-0.3, -0.25) is 4.79 Å². The standard InChI is InChI=1S/C16H16N2O3/c1-12-6-8-14(9-7-12)18-16(19)11-21-15-5-3-2-4-13(15)10-17-20/h2-10,20H,11H2,1H3,(H,18,19)/b17-10+. The summed E-state index contributed by atoms with van der Waals surface area (Å²) in [4.78, 5) is 11.8. The molecule has 0 heterocycles. The molecule has 2 aromatic carbocycles. The van der Waals surface area contributed by atoms with Gasteiger partial charge in [-0.15, -0.1) is 0 Å². The summed E-state index contributed by atoms with van der Waals surface area (Å²) in [5.41, 5.74) is 2.45. The van der Waals surface area contributed by atoms with Gasteiger partial charge in [0.25, 0.3) is 5.91 Å². The molecule has 0 aromatic heterocycles. The molecule has 0 fully saturated rings. The first-order valence-electron chi connectivity index (χ1n) is 6.45. The Balaban J connectivity index is 1.93. The molecule has 0 aliphatic carbocycles. The molecule has 2 N–H and O–H groups in total. The van der Waals surface area contributed by atoms with Crippen LogP contribution in [0.25, 0.3) is 0 Å². The molecular formula is C16H16N2O3. The van der Waals surface area contributed by atoms with Crippen LogP contribution in [0.3, 0.4) is 0 Å². The van der Waals surface area contributed by atoms with Crippen molar-refractivity contribution in [2.24, 2.45) is 5.16 Å². The van der Waals surface area contributed by atoms with Crippen molar-refractivity contribution in [3.8, 4) is 5.75 Å². The largest absolute Gasteiger partial charge is 0.483 e. The predicted octanol–water partition coefficient (Wildman–Crippen LogP) is 2.82. The fourth-order valence-electron chi connectivity index (χ4n) is 1.76. The lowest BCUT2D eigenvalue weighted by Crippen LogP contribution is -2.20. The molecule has 0 unspecified atom stereocenters. The van der Waals surface area contributed by atoms with Crippen LogP contribution in [-0.4, -0.2) is 23.9 Å². The maximum absolute atomic E-state index is 11.8. The highest BCUT2D eigenvalue weighted by Gasteiger charge is 2.06. The lowest BCUT2D eigenvalue weighted by Gasteiger charge is -2.09. The number of ether oxygens (including phenoxy) is 1. The first-order chi connectivity index (χ1) is 10.2. The molecule has 2 rings (SSSR count). The highest BCUT2D eigenvalue weighted by molar-refractivity contribution is 5.92. The van der Waals surface area contributed by atoms with E-state index >= 15 is 0 Å². The molecule has 5 heteroatoms. The number of benzene rings is 2. The third kappa shape index (κ3) is 4.35. The highest BCUT2D eigenvalue weighted by atomic mass is 16.5. The van der Waals surface area contributed by atoms with Crippen LogP contribution in [0.5, 0.6) is 5.75 Å². The average molecular weight is 284 g/mol. The Morgan fingerprint density at radius 3 is 2.67 bits per heavy atom. The van der Waals surface area contributed by atoms with E-state index in [4.69, 9.17) is 9.94 Å². The monoisotopic (exact) mass is 284 g/mol. The van der Waals surface area contributed by atoms with Crippen LogP contribution in [0.4, 0.5) is 5.69 Å². The maximum Gasteiger partial charge on any atom is 0.262 e. The van der Waals surface area contributed by atoms with Gasteiger partial charge < -0.3 is 15.3 Å². The molecular weight excluding hydrogens is 268 g/mol. The lowest BCUT2D eigenvalue weighted by molar-refractivity contribution is -0.118. The number of para-hydroxylation sites is 1. The maximum atomic E-state index is 11.8. The number of carbonyl (C=O) groups excluding carboxylic acids is 1. The van der Waals surface area contributed by atoms with Crippen LogP contribution < -0.4 is 10.1 Å². The Bertz CT molecular complexity index is 636. The Morgan fingerprint density at radius 1 is 1.24 bits per heavy atom. The van der Waals surface area contributed by atoms with E-state index < -0.39 is 0 Å². The minimum absolute atomic E-state index is 0.121. The molecule has 0 aliphatic rings.